The molecule has 3 heterocycles. The molecular weight excluding hydrogens is 320 g/mol. The number of carbonyl (C=O) groups excluding carboxylic acids is 2. The first kappa shape index (κ1) is 15.7. The second-order valence-corrected chi connectivity index (χ2v) is 6.32. The van der Waals surface area contributed by atoms with Gasteiger partial charge in [0, 0.05) is 11.1 Å². The van der Waals surface area contributed by atoms with Crippen LogP contribution in [0.15, 0.2) is 46.8 Å². The number of furan rings is 1. The van der Waals surface area contributed by atoms with E-state index in [0.717, 1.165) is 27.8 Å². The molecule has 4 rings (SSSR count). The predicted octanol–water partition coefficient (Wildman–Crippen LogP) is 4.05. The number of hydrogen-bond acceptors (Lipinski definition) is 5. The van der Waals surface area contributed by atoms with Gasteiger partial charge in [0.1, 0.15) is 6.61 Å². The third-order valence-corrected chi connectivity index (χ3v) is 5.01. The summed E-state index contributed by atoms with van der Waals surface area (Å²) in [6, 6.07) is 7.39. The lowest BCUT2D eigenvalue weighted by Crippen LogP contribution is -2.09. The Morgan fingerprint density at radius 1 is 1.24 bits per heavy atom. The van der Waals surface area contributed by atoms with E-state index >= 15 is 0 Å². The Morgan fingerprint density at radius 2 is 2.08 bits per heavy atom. The number of hydrogen-bond donors (Lipinski definition) is 0. The van der Waals surface area contributed by atoms with Crippen molar-refractivity contribution in [3.8, 4) is 0 Å². The van der Waals surface area contributed by atoms with Gasteiger partial charge < -0.3 is 13.9 Å². The van der Waals surface area contributed by atoms with Gasteiger partial charge in [0.15, 0.2) is 6.10 Å². The summed E-state index contributed by atoms with van der Waals surface area (Å²) in [4.78, 5) is 24.2. The first-order valence-corrected chi connectivity index (χ1v) is 8.34. The van der Waals surface area contributed by atoms with Crippen molar-refractivity contribution in [2.24, 2.45) is 5.92 Å². The Labute approximate surface area is 145 Å². The lowest BCUT2D eigenvalue weighted by Gasteiger charge is -2.17. The van der Waals surface area contributed by atoms with Gasteiger partial charge in [-0.3, -0.25) is 4.79 Å². The molecule has 1 aromatic heterocycles. The van der Waals surface area contributed by atoms with Crippen LogP contribution >= 0.6 is 0 Å². The highest BCUT2D eigenvalue weighted by Gasteiger charge is 2.41. The molecule has 0 aliphatic carbocycles. The standard InChI is InChI=1S/C20H18O5/c1-3-13-17(18(25-20(13)22)12-7-8-23-9-12)11(2)14-5-4-6-15-16(14)10-24-19(15)21/h4-9,13,18H,3,10H2,1-2H3/b17-11+/t13-,18-/m0/s1. The van der Waals surface area contributed by atoms with Gasteiger partial charge in [0.05, 0.1) is 24.0 Å². The molecule has 0 spiro atoms. The minimum atomic E-state index is -0.454. The highest BCUT2D eigenvalue weighted by atomic mass is 16.6. The van der Waals surface area contributed by atoms with Gasteiger partial charge in [-0.2, -0.15) is 0 Å². The second kappa shape index (κ2) is 5.92. The maximum absolute atomic E-state index is 12.4. The van der Waals surface area contributed by atoms with Crippen LogP contribution in [0.2, 0.25) is 0 Å². The molecule has 1 fully saturated rings. The van der Waals surface area contributed by atoms with Crippen molar-refractivity contribution in [1.29, 1.82) is 0 Å². The van der Waals surface area contributed by atoms with Gasteiger partial charge in [-0.05, 0) is 42.2 Å². The number of rotatable bonds is 3. The van der Waals surface area contributed by atoms with Crippen LogP contribution in [-0.4, -0.2) is 11.9 Å². The van der Waals surface area contributed by atoms with E-state index in [2.05, 4.69) is 0 Å². The van der Waals surface area contributed by atoms with E-state index in [0.29, 0.717) is 12.0 Å². The summed E-state index contributed by atoms with van der Waals surface area (Å²) in [6.45, 7) is 4.21. The van der Waals surface area contributed by atoms with Crippen molar-refractivity contribution in [2.45, 2.75) is 33.0 Å². The normalized spacial score (nSPS) is 24.1. The average Bonchev–Trinajstić information content (AvgIpc) is 3.33. The first-order valence-electron chi connectivity index (χ1n) is 8.34. The van der Waals surface area contributed by atoms with E-state index in [4.69, 9.17) is 13.9 Å². The molecule has 2 aliphatic heterocycles. The smallest absolute Gasteiger partial charge is 0.338 e. The predicted molar refractivity (Wildman–Crippen MR) is 89.5 cm³/mol. The molecule has 25 heavy (non-hydrogen) atoms. The lowest BCUT2D eigenvalue weighted by atomic mass is 9.85. The third-order valence-electron chi connectivity index (χ3n) is 5.01. The lowest BCUT2D eigenvalue weighted by molar-refractivity contribution is -0.144. The molecule has 0 N–H and O–H groups in total. The molecule has 0 bridgehead atoms. The Kier molecular flexibility index (Phi) is 3.71. The monoisotopic (exact) mass is 338 g/mol. The van der Waals surface area contributed by atoms with Crippen molar-refractivity contribution in [1.82, 2.24) is 0 Å². The number of benzene rings is 1. The van der Waals surface area contributed by atoms with Gasteiger partial charge in [0.2, 0.25) is 0 Å². The largest absolute Gasteiger partial charge is 0.472 e. The molecule has 1 aromatic carbocycles. The molecule has 5 nitrogen and oxygen atoms in total. The minimum Gasteiger partial charge on any atom is -0.472 e. The van der Waals surface area contributed by atoms with Crippen molar-refractivity contribution in [3.05, 3.63) is 64.6 Å². The summed E-state index contributed by atoms with van der Waals surface area (Å²) < 4.78 is 16.0. The van der Waals surface area contributed by atoms with Crippen LogP contribution in [0.4, 0.5) is 0 Å². The van der Waals surface area contributed by atoms with Crippen LogP contribution in [0.5, 0.6) is 0 Å². The molecule has 2 aliphatic rings. The molecule has 0 unspecified atom stereocenters. The number of fused-ring (bicyclic) bond motifs is 1. The maximum atomic E-state index is 12.4. The Bertz CT molecular complexity index is 875. The number of ether oxygens (including phenoxy) is 2. The van der Waals surface area contributed by atoms with E-state index in [1.165, 1.54) is 0 Å². The molecular formula is C20H18O5. The van der Waals surface area contributed by atoms with Gasteiger partial charge in [-0.15, -0.1) is 0 Å². The molecule has 5 heteroatoms. The highest BCUT2D eigenvalue weighted by molar-refractivity contribution is 5.96. The van der Waals surface area contributed by atoms with Crippen LogP contribution in [0.1, 0.15) is 53.4 Å². The van der Waals surface area contributed by atoms with Crippen molar-refractivity contribution >= 4 is 17.5 Å². The quantitative estimate of drug-likeness (QED) is 0.790. The van der Waals surface area contributed by atoms with E-state index < -0.39 is 6.10 Å². The average molecular weight is 338 g/mol. The van der Waals surface area contributed by atoms with E-state index in [1.54, 1.807) is 18.6 Å². The minimum absolute atomic E-state index is 0.219. The van der Waals surface area contributed by atoms with Crippen LogP contribution in [0, 0.1) is 5.92 Å². The third kappa shape index (κ3) is 2.38. The second-order valence-electron chi connectivity index (χ2n) is 6.32. The summed E-state index contributed by atoms with van der Waals surface area (Å²) in [5, 5.41) is 0. The Morgan fingerprint density at radius 3 is 2.80 bits per heavy atom. The summed E-state index contributed by atoms with van der Waals surface area (Å²) >= 11 is 0. The van der Waals surface area contributed by atoms with Crippen molar-refractivity contribution in [3.63, 3.8) is 0 Å². The molecule has 0 amide bonds. The summed E-state index contributed by atoms with van der Waals surface area (Å²) in [7, 11) is 0. The number of carbonyl (C=O) groups is 2. The van der Waals surface area contributed by atoms with Gasteiger partial charge in [0.25, 0.3) is 0 Å². The Hall–Kier alpha value is -2.82. The fraction of sp³-hybridized carbons (Fsp3) is 0.300. The van der Waals surface area contributed by atoms with Crippen LogP contribution < -0.4 is 0 Å². The number of allylic oxidation sites excluding steroid dienone is 1. The van der Waals surface area contributed by atoms with Crippen LogP contribution in [0.25, 0.3) is 5.57 Å². The zero-order chi connectivity index (χ0) is 17.6. The highest BCUT2D eigenvalue weighted by Crippen LogP contribution is 2.45. The van der Waals surface area contributed by atoms with Crippen molar-refractivity contribution in [2.75, 3.05) is 0 Å². The molecule has 0 saturated carbocycles. The SMILES string of the molecule is CC[C@@H]1C(=O)O[C@@H](c2ccoc2)/C1=C(\C)c1cccc2c1COC2=O. The maximum Gasteiger partial charge on any atom is 0.338 e. The number of esters is 2. The van der Waals surface area contributed by atoms with Crippen molar-refractivity contribution < 1.29 is 23.5 Å². The topological polar surface area (TPSA) is 65.7 Å². The zero-order valence-corrected chi connectivity index (χ0v) is 14.1. The Balaban J connectivity index is 1.89. The summed E-state index contributed by atoms with van der Waals surface area (Å²) in [6.07, 6.45) is 3.38. The molecule has 1 saturated heterocycles. The summed E-state index contributed by atoms with van der Waals surface area (Å²) in [5.41, 5.74) is 5.11. The van der Waals surface area contributed by atoms with Gasteiger partial charge in [-0.25, -0.2) is 4.79 Å². The molecule has 2 aromatic rings. The van der Waals surface area contributed by atoms with Gasteiger partial charge in [-0.1, -0.05) is 19.1 Å². The fourth-order valence-corrected chi connectivity index (χ4v) is 3.74. The van der Waals surface area contributed by atoms with E-state index in [1.807, 2.05) is 32.0 Å². The van der Waals surface area contributed by atoms with Gasteiger partial charge >= 0.3 is 11.9 Å². The first-order chi connectivity index (χ1) is 12.1. The number of cyclic esters (lactones) is 2. The van der Waals surface area contributed by atoms with E-state index in [9.17, 15) is 9.59 Å². The van der Waals surface area contributed by atoms with Crippen LogP contribution in [0.3, 0.4) is 0 Å². The summed E-state index contributed by atoms with van der Waals surface area (Å²) in [5.74, 6) is -0.816. The van der Waals surface area contributed by atoms with Crippen LogP contribution in [-0.2, 0) is 20.9 Å². The zero-order valence-electron chi connectivity index (χ0n) is 14.1. The fourth-order valence-electron chi connectivity index (χ4n) is 3.74. The molecule has 128 valence electrons. The molecule has 0 radical (unpaired) electrons. The van der Waals surface area contributed by atoms with E-state index in [-0.39, 0.29) is 24.5 Å². The molecule has 2 atom stereocenters.